The number of rotatable bonds is 6. The lowest BCUT2D eigenvalue weighted by Gasteiger charge is -2.20. The first-order chi connectivity index (χ1) is 10.5. The summed E-state index contributed by atoms with van der Waals surface area (Å²) in [5.41, 5.74) is 0.777. The third-order valence-electron chi connectivity index (χ3n) is 3.71. The van der Waals surface area contributed by atoms with Crippen molar-refractivity contribution in [3.05, 3.63) is 28.8 Å². The molecule has 1 heterocycles. The van der Waals surface area contributed by atoms with E-state index in [1.54, 1.807) is 30.2 Å². The van der Waals surface area contributed by atoms with Gasteiger partial charge in [-0.25, -0.2) is 0 Å². The zero-order valence-corrected chi connectivity index (χ0v) is 13.1. The monoisotopic (exact) mass is 326 g/mol. The molecular weight excluding hydrogens is 308 g/mol. The molecule has 0 saturated carbocycles. The summed E-state index contributed by atoms with van der Waals surface area (Å²) in [6.07, 6.45) is 1.39. The normalized spacial score (nSPS) is 18.2. The molecule has 7 heteroatoms. The van der Waals surface area contributed by atoms with Gasteiger partial charge in [-0.05, 0) is 37.6 Å². The maximum Gasteiger partial charge on any atom is 0.320 e. The third kappa shape index (κ3) is 4.11. The van der Waals surface area contributed by atoms with Gasteiger partial charge in [0, 0.05) is 17.1 Å². The second kappa shape index (κ2) is 7.47. The van der Waals surface area contributed by atoms with Gasteiger partial charge in [0.05, 0.1) is 13.7 Å². The largest absolute Gasteiger partial charge is 0.496 e. The number of carbonyl (C=O) groups excluding carboxylic acids is 1. The SMILES string of the molecule is COc1ccc(Cl)cc1CNC(=O)CN1CCC[C@H]1C(=O)O. The van der Waals surface area contributed by atoms with E-state index in [1.165, 1.54) is 0 Å². The lowest BCUT2D eigenvalue weighted by Crippen LogP contribution is -2.42. The van der Waals surface area contributed by atoms with Crippen molar-refractivity contribution in [2.24, 2.45) is 0 Å². The molecule has 1 aromatic rings. The van der Waals surface area contributed by atoms with Crippen molar-refractivity contribution in [2.45, 2.75) is 25.4 Å². The number of carboxylic acid groups (broad SMARTS) is 1. The van der Waals surface area contributed by atoms with Gasteiger partial charge in [-0.15, -0.1) is 0 Å². The molecular formula is C15H19ClN2O4. The summed E-state index contributed by atoms with van der Waals surface area (Å²) < 4.78 is 5.22. The molecule has 22 heavy (non-hydrogen) atoms. The van der Waals surface area contributed by atoms with Crippen molar-refractivity contribution < 1.29 is 19.4 Å². The minimum atomic E-state index is -0.873. The van der Waals surface area contributed by atoms with E-state index >= 15 is 0 Å². The number of methoxy groups -OCH3 is 1. The Morgan fingerprint density at radius 3 is 2.95 bits per heavy atom. The van der Waals surface area contributed by atoms with Crippen LogP contribution in [0.5, 0.6) is 5.75 Å². The van der Waals surface area contributed by atoms with Gasteiger partial charge in [0.25, 0.3) is 0 Å². The van der Waals surface area contributed by atoms with Crippen molar-refractivity contribution in [1.82, 2.24) is 10.2 Å². The second-order valence-corrected chi connectivity index (χ2v) is 5.64. The molecule has 1 atom stereocenters. The quantitative estimate of drug-likeness (QED) is 0.828. The molecule has 2 rings (SSSR count). The number of nitrogens with zero attached hydrogens (tertiary/aromatic N) is 1. The van der Waals surface area contributed by atoms with Crippen LogP contribution in [0.25, 0.3) is 0 Å². The van der Waals surface area contributed by atoms with E-state index < -0.39 is 12.0 Å². The number of halogens is 1. The molecule has 1 aromatic carbocycles. The van der Waals surface area contributed by atoms with Gasteiger partial charge in [-0.1, -0.05) is 11.6 Å². The molecule has 0 aromatic heterocycles. The first-order valence-corrected chi connectivity index (χ1v) is 7.45. The predicted molar refractivity (Wildman–Crippen MR) is 82.1 cm³/mol. The maximum atomic E-state index is 12.0. The lowest BCUT2D eigenvalue weighted by atomic mass is 10.2. The highest BCUT2D eigenvalue weighted by Crippen LogP contribution is 2.22. The molecule has 0 bridgehead atoms. The fraction of sp³-hybridized carbons (Fsp3) is 0.467. The average Bonchev–Trinajstić information content (AvgIpc) is 2.93. The highest BCUT2D eigenvalue weighted by atomic mass is 35.5. The number of benzene rings is 1. The summed E-state index contributed by atoms with van der Waals surface area (Å²) in [4.78, 5) is 24.8. The van der Waals surface area contributed by atoms with Gasteiger partial charge in [0.1, 0.15) is 11.8 Å². The van der Waals surface area contributed by atoms with Gasteiger partial charge >= 0.3 is 5.97 Å². The second-order valence-electron chi connectivity index (χ2n) is 5.20. The Kier molecular flexibility index (Phi) is 5.63. The Labute approximate surface area is 134 Å². The Morgan fingerprint density at radius 1 is 1.50 bits per heavy atom. The van der Waals surface area contributed by atoms with Crippen molar-refractivity contribution in [2.75, 3.05) is 20.2 Å². The fourth-order valence-electron chi connectivity index (χ4n) is 2.61. The molecule has 6 nitrogen and oxygen atoms in total. The number of likely N-dealkylation sites (tertiary alicyclic amines) is 1. The highest BCUT2D eigenvalue weighted by molar-refractivity contribution is 6.30. The number of aliphatic carboxylic acids is 1. The molecule has 2 N–H and O–H groups in total. The van der Waals surface area contributed by atoms with E-state index in [1.807, 2.05) is 0 Å². The standard InChI is InChI=1S/C15H19ClN2O4/c1-22-13-5-4-11(16)7-10(13)8-17-14(19)9-18-6-2-3-12(18)15(20)21/h4-5,7,12H,2-3,6,8-9H2,1H3,(H,17,19)(H,20,21)/t12-/m0/s1. The number of carbonyl (C=O) groups is 2. The summed E-state index contributed by atoms with van der Waals surface area (Å²) in [5, 5.41) is 12.4. The summed E-state index contributed by atoms with van der Waals surface area (Å²) in [5.74, 6) is -0.439. The minimum absolute atomic E-state index is 0.0832. The van der Waals surface area contributed by atoms with Gasteiger partial charge < -0.3 is 15.2 Å². The molecule has 120 valence electrons. The van der Waals surface area contributed by atoms with Crippen molar-refractivity contribution in [3.8, 4) is 5.75 Å². The number of nitrogens with one attached hydrogen (secondary N) is 1. The van der Waals surface area contributed by atoms with Crippen LogP contribution in [0, 0.1) is 0 Å². The van der Waals surface area contributed by atoms with Gasteiger partial charge in [-0.3, -0.25) is 14.5 Å². The smallest absolute Gasteiger partial charge is 0.320 e. The van der Waals surface area contributed by atoms with E-state index in [0.29, 0.717) is 23.7 Å². The van der Waals surface area contributed by atoms with Crippen molar-refractivity contribution in [1.29, 1.82) is 0 Å². The van der Waals surface area contributed by atoms with Crippen LogP contribution in [0.15, 0.2) is 18.2 Å². The van der Waals surface area contributed by atoms with Crippen molar-refractivity contribution >= 4 is 23.5 Å². The van der Waals surface area contributed by atoms with Gasteiger partial charge in [0.15, 0.2) is 0 Å². The van der Waals surface area contributed by atoms with E-state index in [9.17, 15) is 9.59 Å². The zero-order valence-electron chi connectivity index (χ0n) is 12.3. The van der Waals surface area contributed by atoms with Crippen molar-refractivity contribution in [3.63, 3.8) is 0 Å². The highest BCUT2D eigenvalue weighted by Gasteiger charge is 2.31. The maximum absolute atomic E-state index is 12.0. The van der Waals surface area contributed by atoms with Gasteiger partial charge in [-0.2, -0.15) is 0 Å². The van der Waals surface area contributed by atoms with Crippen LogP contribution in [0.2, 0.25) is 5.02 Å². The lowest BCUT2D eigenvalue weighted by molar-refractivity contribution is -0.142. The number of amides is 1. The Morgan fingerprint density at radius 2 is 2.27 bits per heavy atom. The zero-order chi connectivity index (χ0) is 16.1. The molecule has 1 aliphatic heterocycles. The number of hydrogen-bond donors (Lipinski definition) is 2. The molecule has 1 amide bonds. The first-order valence-electron chi connectivity index (χ1n) is 7.07. The summed E-state index contributed by atoms with van der Waals surface area (Å²) in [6, 6.07) is 4.63. The molecule has 0 spiro atoms. The Bertz CT molecular complexity index is 564. The van der Waals surface area contributed by atoms with E-state index in [0.717, 1.165) is 12.0 Å². The number of hydrogen-bond acceptors (Lipinski definition) is 4. The minimum Gasteiger partial charge on any atom is -0.496 e. The van der Waals surface area contributed by atoms with Gasteiger partial charge in [0.2, 0.25) is 5.91 Å². The first kappa shape index (κ1) is 16.6. The topological polar surface area (TPSA) is 78.9 Å². The van der Waals surface area contributed by atoms with Crippen LogP contribution in [0.3, 0.4) is 0 Å². The summed E-state index contributed by atoms with van der Waals surface area (Å²) >= 11 is 5.94. The third-order valence-corrected chi connectivity index (χ3v) is 3.95. The molecule has 1 fully saturated rings. The molecule has 1 aliphatic rings. The van der Waals surface area contributed by atoms with E-state index in [2.05, 4.69) is 5.32 Å². The van der Waals surface area contributed by atoms with Crippen LogP contribution in [0.1, 0.15) is 18.4 Å². The number of carboxylic acids is 1. The summed E-state index contributed by atoms with van der Waals surface area (Å²) in [7, 11) is 1.55. The van der Waals surface area contributed by atoms with E-state index in [-0.39, 0.29) is 19.0 Å². The molecule has 0 unspecified atom stereocenters. The predicted octanol–water partition coefficient (Wildman–Crippen LogP) is 1.51. The molecule has 0 radical (unpaired) electrons. The van der Waals surface area contributed by atoms with Crippen LogP contribution >= 0.6 is 11.6 Å². The van der Waals surface area contributed by atoms with Crippen LogP contribution < -0.4 is 10.1 Å². The van der Waals surface area contributed by atoms with Crippen LogP contribution in [-0.4, -0.2) is 48.1 Å². The van der Waals surface area contributed by atoms with Crippen LogP contribution in [-0.2, 0) is 16.1 Å². The summed E-state index contributed by atoms with van der Waals surface area (Å²) in [6.45, 7) is 0.999. The van der Waals surface area contributed by atoms with E-state index in [4.69, 9.17) is 21.4 Å². The Balaban J connectivity index is 1.90. The fourth-order valence-corrected chi connectivity index (χ4v) is 2.81. The number of ether oxygens (including phenoxy) is 1. The Hall–Kier alpha value is -1.79. The molecule has 0 aliphatic carbocycles. The van der Waals surface area contributed by atoms with Crippen LogP contribution in [0.4, 0.5) is 0 Å². The average molecular weight is 327 g/mol. The molecule has 1 saturated heterocycles.